The van der Waals surface area contributed by atoms with Crippen molar-refractivity contribution in [2.24, 2.45) is 5.73 Å². The van der Waals surface area contributed by atoms with Crippen molar-refractivity contribution in [1.29, 1.82) is 0 Å². The zero-order chi connectivity index (χ0) is 17.7. The number of carbonyl (C=O) groups is 3. The van der Waals surface area contributed by atoms with Crippen molar-refractivity contribution in [2.45, 2.75) is 24.9 Å². The number of fused-ring (bicyclic) bond motifs is 1. The van der Waals surface area contributed by atoms with E-state index >= 15 is 0 Å². The molecule has 1 heterocycles. The van der Waals surface area contributed by atoms with Gasteiger partial charge in [0.05, 0.1) is 19.6 Å². The molecule has 8 nitrogen and oxygen atoms in total. The number of carbonyl (C=O) groups excluding carboxylic acids is 2. The lowest BCUT2D eigenvalue weighted by molar-refractivity contribution is -0.145. The van der Waals surface area contributed by atoms with Crippen molar-refractivity contribution in [2.75, 3.05) is 7.11 Å². The van der Waals surface area contributed by atoms with E-state index in [0.717, 1.165) is 16.5 Å². The number of nitrogens with one attached hydrogen (secondary N) is 2. The lowest BCUT2D eigenvalue weighted by Crippen LogP contribution is -2.50. The van der Waals surface area contributed by atoms with Gasteiger partial charge < -0.3 is 25.9 Å². The molecule has 8 heteroatoms. The first-order valence-corrected chi connectivity index (χ1v) is 7.33. The first-order valence-electron chi connectivity index (χ1n) is 7.33. The number of amides is 1. The third-order valence-electron chi connectivity index (χ3n) is 3.63. The van der Waals surface area contributed by atoms with Crippen LogP contribution in [0.4, 0.5) is 0 Å². The van der Waals surface area contributed by atoms with E-state index in [1.165, 1.54) is 7.11 Å². The van der Waals surface area contributed by atoms with Crippen LogP contribution >= 0.6 is 0 Å². The highest BCUT2D eigenvalue weighted by atomic mass is 16.5. The lowest BCUT2D eigenvalue weighted by atomic mass is 10.0. The molecule has 2 atom stereocenters. The molecule has 0 spiro atoms. The van der Waals surface area contributed by atoms with E-state index in [9.17, 15) is 14.4 Å². The number of hydrogen-bond acceptors (Lipinski definition) is 5. The number of para-hydroxylation sites is 1. The maximum atomic E-state index is 12.0. The van der Waals surface area contributed by atoms with E-state index in [2.05, 4.69) is 10.3 Å². The van der Waals surface area contributed by atoms with Crippen molar-refractivity contribution in [3.8, 4) is 0 Å². The van der Waals surface area contributed by atoms with E-state index in [4.69, 9.17) is 15.6 Å². The molecule has 1 aromatic heterocycles. The average Bonchev–Trinajstić information content (AvgIpc) is 2.96. The Labute approximate surface area is 138 Å². The monoisotopic (exact) mass is 333 g/mol. The van der Waals surface area contributed by atoms with Gasteiger partial charge in [-0.2, -0.15) is 0 Å². The smallest absolute Gasteiger partial charge is 0.328 e. The number of benzene rings is 1. The van der Waals surface area contributed by atoms with E-state index in [-0.39, 0.29) is 6.42 Å². The number of methoxy groups -OCH3 is 1. The maximum absolute atomic E-state index is 12.0. The van der Waals surface area contributed by atoms with Crippen molar-refractivity contribution in [3.05, 3.63) is 36.0 Å². The molecular weight excluding hydrogens is 314 g/mol. The number of aromatic amines is 1. The molecule has 1 aromatic carbocycles. The van der Waals surface area contributed by atoms with Crippen molar-refractivity contribution < 1.29 is 24.2 Å². The van der Waals surface area contributed by atoms with Gasteiger partial charge in [-0.05, 0) is 11.6 Å². The number of rotatable bonds is 7. The van der Waals surface area contributed by atoms with Crippen molar-refractivity contribution in [1.82, 2.24) is 10.3 Å². The average molecular weight is 333 g/mol. The quantitative estimate of drug-likeness (QED) is 0.534. The number of carboxylic acid groups (broad SMARTS) is 1. The molecule has 0 unspecified atom stereocenters. The summed E-state index contributed by atoms with van der Waals surface area (Å²) in [7, 11) is 1.22. The van der Waals surface area contributed by atoms with Gasteiger partial charge in [-0.1, -0.05) is 18.2 Å². The standard InChI is InChI=1S/C16H19N3O5/c1-24-16(23)13(19-15(22)11(17)7-14(20)21)6-9-8-18-12-5-3-2-4-10(9)12/h2-5,8,11,13,18H,6-7,17H2,1H3,(H,19,22)(H,20,21)/t11-,13+/m0/s1. The predicted octanol–water partition coefficient (Wildman–Crippen LogP) is 0.170. The van der Waals surface area contributed by atoms with Gasteiger partial charge in [0.1, 0.15) is 6.04 Å². The molecule has 0 saturated carbocycles. The number of hydrogen-bond donors (Lipinski definition) is 4. The van der Waals surface area contributed by atoms with Crippen molar-refractivity contribution in [3.63, 3.8) is 0 Å². The second-order valence-electron chi connectivity index (χ2n) is 5.35. The molecule has 5 N–H and O–H groups in total. The largest absolute Gasteiger partial charge is 0.481 e. The van der Waals surface area contributed by atoms with Crippen LogP contribution in [-0.4, -0.2) is 47.1 Å². The Bertz CT molecular complexity index is 755. The molecule has 2 rings (SSSR count). The second kappa shape index (κ2) is 7.60. The summed E-state index contributed by atoms with van der Waals surface area (Å²) in [4.78, 5) is 37.7. The van der Waals surface area contributed by atoms with E-state index in [1.807, 2.05) is 24.3 Å². The van der Waals surface area contributed by atoms with Crippen LogP contribution in [0.25, 0.3) is 10.9 Å². The van der Waals surface area contributed by atoms with Gasteiger partial charge in [-0.25, -0.2) is 4.79 Å². The van der Waals surface area contributed by atoms with Crippen LogP contribution in [0.15, 0.2) is 30.5 Å². The van der Waals surface area contributed by atoms with Gasteiger partial charge in [0.15, 0.2) is 0 Å². The van der Waals surface area contributed by atoms with Crippen molar-refractivity contribution >= 4 is 28.7 Å². The number of esters is 1. The van der Waals surface area contributed by atoms with Crippen LogP contribution in [0.5, 0.6) is 0 Å². The molecule has 0 aliphatic rings. The summed E-state index contributed by atoms with van der Waals surface area (Å²) in [6.07, 6.45) is 1.43. The molecule has 0 aliphatic heterocycles. The number of carboxylic acids is 1. The summed E-state index contributed by atoms with van der Waals surface area (Å²) in [5, 5.41) is 12.1. The van der Waals surface area contributed by atoms with Gasteiger partial charge >= 0.3 is 11.9 Å². The number of aliphatic carboxylic acids is 1. The Balaban J connectivity index is 2.15. The molecule has 2 aromatic rings. The van der Waals surface area contributed by atoms with Gasteiger partial charge in [0, 0.05) is 23.5 Å². The Hall–Kier alpha value is -2.87. The molecular formula is C16H19N3O5. The third kappa shape index (κ3) is 4.11. The molecule has 0 aliphatic carbocycles. The maximum Gasteiger partial charge on any atom is 0.328 e. The van der Waals surface area contributed by atoms with Gasteiger partial charge in [-0.3, -0.25) is 9.59 Å². The molecule has 24 heavy (non-hydrogen) atoms. The fourth-order valence-corrected chi connectivity index (χ4v) is 2.42. The Morgan fingerprint density at radius 3 is 2.71 bits per heavy atom. The van der Waals surface area contributed by atoms with Crippen LogP contribution in [0, 0.1) is 0 Å². The van der Waals surface area contributed by atoms with Crippen LogP contribution in [-0.2, 0) is 25.5 Å². The van der Waals surface area contributed by atoms with Gasteiger partial charge in [-0.15, -0.1) is 0 Å². The first kappa shape index (κ1) is 17.5. The highest BCUT2D eigenvalue weighted by molar-refractivity contribution is 5.90. The second-order valence-corrected chi connectivity index (χ2v) is 5.35. The summed E-state index contributed by atoms with van der Waals surface area (Å²) in [5.74, 6) is -2.53. The Morgan fingerprint density at radius 2 is 2.04 bits per heavy atom. The Morgan fingerprint density at radius 1 is 1.33 bits per heavy atom. The minimum Gasteiger partial charge on any atom is -0.481 e. The first-order chi connectivity index (χ1) is 11.4. The molecule has 0 fully saturated rings. The fraction of sp³-hybridized carbons (Fsp3) is 0.312. The van der Waals surface area contributed by atoms with Crippen LogP contribution in [0.1, 0.15) is 12.0 Å². The highest BCUT2D eigenvalue weighted by Gasteiger charge is 2.26. The van der Waals surface area contributed by atoms with E-state index in [1.54, 1.807) is 6.20 Å². The van der Waals surface area contributed by atoms with E-state index < -0.39 is 36.4 Å². The Kier molecular flexibility index (Phi) is 5.54. The minimum atomic E-state index is -1.24. The number of nitrogens with two attached hydrogens (primary N) is 1. The summed E-state index contributed by atoms with van der Waals surface area (Å²) in [6, 6.07) is 5.35. The van der Waals surface area contributed by atoms with E-state index in [0.29, 0.717) is 0 Å². The summed E-state index contributed by atoms with van der Waals surface area (Å²) >= 11 is 0. The number of H-pyrrole nitrogens is 1. The summed E-state index contributed by atoms with van der Waals surface area (Å²) < 4.78 is 4.71. The molecule has 0 radical (unpaired) electrons. The van der Waals surface area contributed by atoms with Crippen LogP contribution in [0.3, 0.4) is 0 Å². The zero-order valence-electron chi connectivity index (χ0n) is 13.1. The normalized spacial score (nSPS) is 13.2. The third-order valence-corrected chi connectivity index (χ3v) is 3.63. The highest BCUT2D eigenvalue weighted by Crippen LogP contribution is 2.19. The summed E-state index contributed by atoms with van der Waals surface area (Å²) in [5.41, 5.74) is 7.26. The fourth-order valence-electron chi connectivity index (χ4n) is 2.42. The minimum absolute atomic E-state index is 0.197. The molecule has 0 bridgehead atoms. The topological polar surface area (TPSA) is 135 Å². The molecule has 0 saturated heterocycles. The van der Waals surface area contributed by atoms with Crippen LogP contribution in [0.2, 0.25) is 0 Å². The number of aromatic nitrogens is 1. The lowest BCUT2D eigenvalue weighted by Gasteiger charge is -2.18. The summed E-state index contributed by atoms with van der Waals surface area (Å²) in [6.45, 7) is 0. The predicted molar refractivity (Wildman–Crippen MR) is 86.2 cm³/mol. The number of ether oxygens (including phenoxy) is 1. The van der Waals surface area contributed by atoms with Crippen LogP contribution < -0.4 is 11.1 Å². The molecule has 128 valence electrons. The van der Waals surface area contributed by atoms with Gasteiger partial charge in [0.25, 0.3) is 0 Å². The molecule has 1 amide bonds. The SMILES string of the molecule is COC(=O)[C@@H](Cc1c[nH]c2ccccc12)NC(=O)[C@@H](N)CC(=O)O. The zero-order valence-corrected chi connectivity index (χ0v) is 13.1. The van der Waals surface area contributed by atoms with Gasteiger partial charge in [0.2, 0.25) is 5.91 Å².